The molecule has 3 nitrogen and oxygen atoms in total. The van der Waals surface area contributed by atoms with E-state index in [1.165, 1.54) is 11.8 Å². The Morgan fingerprint density at radius 2 is 2.11 bits per heavy atom. The summed E-state index contributed by atoms with van der Waals surface area (Å²) >= 11 is 1.53. The van der Waals surface area contributed by atoms with E-state index in [0.717, 1.165) is 29.9 Å². The Labute approximate surface area is 113 Å². The summed E-state index contributed by atoms with van der Waals surface area (Å²) in [5, 5.41) is 9.28. The summed E-state index contributed by atoms with van der Waals surface area (Å²) in [6.45, 7) is 4.71. The fourth-order valence-corrected chi connectivity index (χ4v) is 2.47. The summed E-state index contributed by atoms with van der Waals surface area (Å²) in [6, 6.07) is 5.41. The van der Waals surface area contributed by atoms with Gasteiger partial charge >= 0.3 is 5.97 Å². The predicted molar refractivity (Wildman–Crippen MR) is 74.8 cm³/mol. The molecule has 4 heteroatoms. The van der Waals surface area contributed by atoms with Crippen LogP contribution in [0, 0.1) is 0 Å². The fourth-order valence-electron chi connectivity index (χ4n) is 1.65. The third-order valence-electron chi connectivity index (χ3n) is 2.51. The van der Waals surface area contributed by atoms with E-state index >= 15 is 0 Å². The number of carbonyl (C=O) groups is 1. The minimum absolute atomic E-state index is 0.292. The van der Waals surface area contributed by atoms with Crippen LogP contribution in [-0.4, -0.2) is 23.4 Å². The highest BCUT2D eigenvalue weighted by atomic mass is 32.2. The van der Waals surface area contributed by atoms with E-state index in [4.69, 9.17) is 4.74 Å². The normalized spacial score (nSPS) is 10.3. The van der Waals surface area contributed by atoms with Crippen LogP contribution in [0.3, 0.4) is 0 Å². The van der Waals surface area contributed by atoms with Gasteiger partial charge < -0.3 is 9.84 Å². The molecule has 100 valence electrons. The molecule has 0 radical (unpaired) electrons. The second-order valence-corrected chi connectivity index (χ2v) is 5.23. The molecule has 0 amide bonds. The molecule has 18 heavy (non-hydrogen) atoms. The predicted octanol–water partition coefficient (Wildman–Crippen LogP) is 4.07. The lowest BCUT2D eigenvalue weighted by molar-refractivity contribution is 0.0688. The maximum Gasteiger partial charge on any atom is 0.340 e. The van der Waals surface area contributed by atoms with Crippen molar-refractivity contribution in [2.45, 2.75) is 38.0 Å². The van der Waals surface area contributed by atoms with E-state index < -0.39 is 5.97 Å². The van der Waals surface area contributed by atoms with E-state index in [1.807, 2.05) is 19.1 Å². The number of carboxylic acids is 1. The highest BCUT2D eigenvalue weighted by Crippen LogP contribution is 2.30. The molecular formula is C14H20O3S. The molecule has 0 fully saturated rings. The number of hydrogen-bond acceptors (Lipinski definition) is 3. The number of benzene rings is 1. The van der Waals surface area contributed by atoms with Crippen molar-refractivity contribution in [1.82, 2.24) is 0 Å². The van der Waals surface area contributed by atoms with Crippen molar-refractivity contribution in [2.24, 2.45) is 0 Å². The van der Waals surface area contributed by atoms with Gasteiger partial charge in [0.25, 0.3) is 0 Å². The van der Waals surface area contributed by atoms with E-state index in [-0.39, 0.29) is 0 Å². The SMILES string of the molecule is CCCCCOc1cccc(SCC)c1C(=O)O. The number of unbranched alkanes of at least 4 members (excludes halogenated alkanes) is 2. The summed E-state index contributed by atoms with van der Waals surface area (Å²) in [5.74, 6) is 0.411. The molecule has 0 atom stereocenters. The lowest BCUT2D eigenvalue weighted by atomic mass is 10.2. The fraction of sp³-hybridized carbons (Fsp3) is 0.500. The van der Waals surface area contributed by atoms with Gasteiger partial charge in [0.05, 0.1) is 6.61 Å². The van der Waals surface area contributed by atoms with Gasteiger partial charge in [-0.3, -0.25) is 0 Å². The molecule has 0 unspecified atom stereocenters. The number of thioether (sulfide) groups is 1. The van der Waals surface area contributed by atoms with Gasteiger partial charge in [0.2, 0.25) is 0 Å². The molecule has 1 rings (SSSR count). The summed E-state index contributed by atoms with van der Waals surface area (Å²) < 4.78 is 5.59. The maximum atomic E-state index is 11.3. The van der Waals surface area contributed by atoms with Gasteiger partial charge in [-0.05, 0) is 24.3 Å². The molecular weight excluding hydrogens is 248 g/mol. The van der Waals surface area contributed by atoms with Crippen LogP contribution < -0.4 is 4.74 Å². The Balaban J connectivity index is 2.82. The summed E-state index contributed by atoms with van der Waals surface area (Å²) in [4.78, 5) is 12.1. The number of aromatic carboxylic acids is 1. The highest BCUT2D eigenvalue weighted by molar-refractivity contribution is 7.99. The third kappa shape index (κ3) is 4.26. The molecule has 0 aliphatic rings. The topological polar surface area (TPSA) is 46.5 Å². The number of rotatable bonds is 8. The van der Waals surface area contributed by atoms with Gasteiger partial charge in [-0.1, -0.05) is 32.8 Å². The quantitative estimate of drug-likeness (QED) is 0.570. The first-order valence-electron chi connectivity index (χ1n) is 6.32. The first-order valence-corrected chi connectivity index (χ1v) is 7.31. The number of hydrogen-bond donors (Lipinski definition) is 1. The van der Waals surface area contributed by atoms with Crippen LogP contribution in [0.4, 0.5) is 0 Å². The van der Waals surface area contributed by atoms with Crippen LogP contribution in [0.5, 0.6) is 5.75 Å². The minimum Gasteiger partial charge on any atom is -0.493 e. The summed E-state index contributed by atoms with van der Waals surface area (Å²) in [7, 11) is 0. The van der Waals surface area contributed by atoms with Gasteiger partial charge in [-0.15, -0.1) is 11.8 Å². The molecule has 1 N–H and O–H groups in total. The molecule has 0 aliphatic carbocycles. The maximum absolute atomic E-state index is 11.3. The zero-order valence-electron chi connectivity index (χ0n) is 10.9. The van der Waals surface area contributed by atoms with Crippen molar-refractivity contribution < 1.29 is 14.6 Å². The highest BCUT2D eigenvalue weighted by Gasteiger charge is 2.16. The largest absolute Gasteiger partial charge is 0.493 e. The van der Waals surface area contributed by atoms with Crippen LogP contribution in [0.1, 0.15) is 43.5 Å². The number of carboxylic acid groups (broad SMARTS) is 1. The van der Waals surface area contributed by atoms with Crippen LogP contribution in [0.25, 0.3) is 0 Å². The molecule has 0 spiro atoms. The lowest BCUT2D eigenvalue weighted by Gasteiger charge is -2.12. The minimum atomic E-state index is -0.919. The van der Waals surface area contributed by atoms with Crippen molar-refractivity contribution >= 4 is 17.7 Å². The van der Waals surface area contributed by atoms with Gasteiger partial charge in [0.15, 0.2) is 0 Å². The van der Waals surface area contributed by atoms with Crippen molar-refractivity contribution in [3.8, 4) is 5.75 Å². The molecule has 0 heterocycles. The first kappa shape index (κ1) is 14.9. The molecule has 0 saturated carbocycles. The monoisotopic (exact) mass is 268 g/mol. The van der Waals surface area contributed by atoms with Crippen LogP contribution in [0.15, 0.2) is 23.1 Å². The standard InChI is InChI=1S/C14H20O3S/c1-3-5-6-10-17-11-8-7-9-12(18-4-2)13(11)14(15)16/h7-9H,3-6,10H2,1-2H3,(H,15,16). The zero-order valence-corrected chi connectivity index (χ0v) is 11.8. The van der Waals surface area contributed by atoms with Crippen molar-refractivity contribution in [3.05, 3.63) is 23.8 Å². The van der Waals surface area contributed by atoms with Crippen molar-refractivity contribution in [1.29, 1.82) is 0 Å². The van der Waals surface area contributed by atoms with E-state index in [0.29, 0.717) is 17.9 Å². The first-order chi connectivity index (χ1) is 8.70. The van der Waals surface area contributed by atoms with Crippen LogP contribution in [0.2, 0.25) is 0 Å². The average molecular weight is 268 g/mol. The van der Waals surface area contributed by atoms with Crippen molar-refractivity contribution in [3.63, 3.8) is 0 Å². The molecule has 1 aromatic carbocycles. The molecule has 0 saturated heterocycles. The Kier molecular flexibility index (Phi) is 6.65. The zero-order chi connectivity index (χ0) is 13.4. The van der Waals surface area contributed by atoms with E-state index in [9.17, 15) is 9.90 Å². The Morgan fingerprint density at radius 1 is 1.33 bits per heavy atom. The van der Waals surface area contributed by atoms with Crippen LogP contribution in [-0.2, 0) is 0 Å². The summed E-state index contributed by atoms with van der Waals surface area (Å²) in [6.07, 6.45) is 3.19. The average Bonchev–Trinajstić information content (AvgIpc) is 2.35. The molecule has 0 aliphatic heterocycles. The van der Waals surface area contributed by atoms with Gasteiger partial charge in [-0.25, -0.2) is 4.79 Å². The van der Waals surface area contributed by atoms with E-state index in [1.54, 1.807) is 6.07 Å². The second-order valence-electron chi connectivity index (χ2n) is 3.92. The number of ether oxygens (including phenoxy) is 1. The molecule has 1 aromatic rings. The van der Waals surface area contributed by atoms with Gasteiger partial charge in [-0.2, -0.15) is 0 Å². The van der Waals surface area contributed by atoms with Crippen LogP contribution >= 0.6 is 11.8 Å². The second kappa shape index (κ2) is 8.03. The Bertz CT molecular complexity index is 391. The molecule has 0 aromatic heterocycles. The Hall–Kier alpha value is -1.16. The smallest absolute Gasteiger partial charge is 0.340 e. The van der Waals surface area contributed by atoms with Gasteiger partial charge in [0, 0.05) is 4.90 Å². The molecule has 0 bridgehead atoms. The van der Waals surface area contributed by atoms with Gasteiger partial charge in [0.1, 0.15) is 11.3 Å². The third-order valence-corrected chi connectivity index (χ3v) is 3.45. The Morgan fingerprint density at radius 3 is 2.72 bits per heavy atom. The van der Waals surface area contributed by atoms with Crippen molar-refractivity contribution in [2.75, 3.05) is 12.4 Å². The van der Waals surface area contributed by atoms with E-state index in [2.05, 4.69) is 6.92 Å². The lowest BCUT2D eigenvalue weighted by Crippen LogP contribution is -2.06. The summed E-state index contributed by atoms with van der Waals surface area (Å²) in [5.41, 5.74) is 0.292.